The average Bonchev–Trinajstić information content (AvgIpc) is 3.03. The largest absolute Gasteiger partial charge is 0.497 e. The number of imidazole rings is 1. The number of nitrogens with zero attached hydrogens (tertiary/aromatic N) is 2. The van der Waals surface area contributed by atoms with Gasteiger partial charge in [-0.1, -0.05) is 6.07 Å². The summed E-state index contributed by atoms with van der Waals surface area (Å²) in [7, 11) is 3.13. The summed E-state index contributed by atoms with van der Waals surface area (Å²) in [5.74, 6) is 1.70. The number of benzene rings is 2. The molecule has 7 heteroatoms. The predicted molar refractivity (Wildman–Crippen MR) is 108 cm³/mol. The molecule has 0 aliphatic rings. The van der Waals surface area contributed by atoms with Crippen LogP contribution in [0.4, 0.5) is 5.69 Å². The third-order valence-electron chi connectivity index (χ3n) is 3.97. The Morgan fingerprint density at radius 3 is 2.39 bits per heavy atom. The maximum atomic E-state index is 12.6. The van der Waals surface area contributed by atoms with Crippen LogP contribution < -0.4 is 19.5 Å². The maximum Gasteiger partial charge on any atom is 0.244 e. The normalized spacial score (nSPS) is 11.3. The number of fused-ring (bicyclic) bond motifs is 1. The fourth-order valence-electron chi connectivity index (χ4n) is 2.86. The molecule has 2 aromatic carbocycles. The van der Waals surface area contributed by atoms with Gasteiger partial charge in [-0.2, -0.15) is 0 Å². The molecule has 0 spiro atoms. The number of hydrogen-bond donors (Lipinski definition) is 1. The SMILES string of the molecule is COc1cc(NC(=O)Cn2cnc3cccc(OC(C)(C)C)c32)cc(OC)c1. The lowest BCUT2D eigenvalue weighted by Crippen LogP contribution is -2.24. The van der Waals surface area contributed by atoms with Crippen molar-refractivity contribution in [1.29, 1.82) is 0 Å². The van der Waals surface area contributed by atoms with Gasteiger partial charge in [0.2, 0.25) is 5.91 Å². The number of para-hydroxylation sites is 1. The maximum absolute atomic E-state index is 12.6. The number of hydrogen-bond acceptors (Lipinski definition) is 5. The molecule has 1 heterocycles. The highest BCUT2D eigenvalue weighted by atomic mass is 16.5. The minimum absolute atomic E-state index is 0.0978. The van der Waals surface area contributed by atoms with Crippen LogP contribution in [0.15, 0.2) is 42.7 Å². The van der Waals surface area contributed by atoms with Gasteiger partial charge in [0.1, 0.15) is 34.9 Å². The molecular formula is C21H25N3O4. The van der Waals surface area contributed by atoms with E-state index < -0.39 is 0 Å². The van der Waals surface area contributed by atoms with Crippen molar-refractivity contribution in [3.63, 3.8) is 0 Å². The first-order chi connectivity index (χ1) is 13.3. The van der Waals surface area contributed by atoms with Gasteiger partial charge in [0.05, 0.1) is 26.1 Å². The van der Waals surface area contributed by atoms with Crippen LogP contribution in [-0.4, -0.2) is 35.3 Å². The summed E-state index contributed by atoms with van der Waals surface area (Å²) in [5, 5.41) is 2.87. The quantitative estimate of drug-likeness (QED) is 0.699. The van der Waals surface area contributed by atoms with Crippen molar-refractivity contribution in [2.45, 2.75) is 32.9 Å². The topological polar surface area (TPSA) is 74.6 Å². The van der Waals surface area contributed by atoms with Gasteiger partial charge in [0, 0.05) is 23.9 Å². The second-order valence-electron chi connectivity index (χ2n) is 7.36. The van der Waals surface area contributed by atoms with Gasteiger partial charge in [-0.25, -0.2) is 4.98 Å². The molecule has 1 aromatic heterocycles. The van der Waals surface area contributed by atoms with Gasteiger partial charge in [0.25, 0.3) is 0 Å². The molecule has 0 saturated heterocycles. The molecule has 0 saturated carbocycles. The Morgan fingerprint density at radius 2 is 1.79 bits per heavy atom. The number of ether oxygens (including phenoxy) is 3. The van der Waals surface area contributed by atoms with Crippen LogP contribution in [0.2, 0.25) is 0 Å². The first kappa shape index (κ1) is 19.5. The van der Waals surface area contributed by atoms with Crippen molar-refractivity contribution < 1.29 is 19.0 Å². The Bertz CT molecular complexity index is 967. The fourth-order valence-corrected chi connectivity index (χ4v) is 2.86. The van der Waals surface area contributed by atoms with Crippen LogP contribution in [-0.2, 0) is 11.3 Å². The summed E-state index contributed by atoms with van der Waals surface area (Å²) >= 11 is 0. The van der Waals surface area contributed by atoms with E-state index in [1.54, 1.807) is 43.3 Å². The van der Waals surface area contributed by atoms with E-state index in [9.17, 15) is 4.79 Å². The molecule has 0 aliphatic heterocycles. The van der Waals surface area contributed by atoms with E-state index in [-0.39, 0.29) is 18.1 Å². The second kappa shape index (κ2) is 7.80. The van der Waals surface area contributed by atoms with Crippen molar-refractivity contribution in [2.75, 3.05) is 19.5 Å². The van der Waals surface area contributed by atoms with E-state index in [0.717, 1.165) is 11.0 Å². The molecule has 1 N–H and O–H groups in total. The van der Waals surface area contributed by atoms with Crippen LogP contribution in [0.5, 0.6) is 17.2 Å². The third-order valence-corrected chi connectivity index (χ3v) is 3.97. The second-order valence-corrected chi connectivity index (χ2v) is 7.36. The van der Waals surface area contributed by atoms with Crippen LogP contribution in [0.25, 0.3) is 11.0 Å². The molecule has 0 atom stereocenters. The predicted octanol–water partition coefficient (Wildman–Crippen LogP) is 3.87. The molecule has 3 aromatic rings. The van der Waals surface area contributed by atoms with Gasteiger partial charge in [-0.3, -0.25) is 4.79 Å². The zero-order valence-corrected chi connectivity index (χ0v) is 16.8. The van der Waals surface area contributed by atoms with Crippen molar-refractivity contribution in [1.82, 2.24) is 9.55 Å². The van der Waals surface area contributed by atoms with Crippen LogP contribution in [0.1, 0.15) is 20.8 Å². The summed E-state index contributed by atoms with van der Waals surface area (Å²) < 4.78 is 18.3. The highest BCUT2D eigenvalue weighted by Crippen LogP contribution is 2.29. The molecular weight excluding hydrogens is 358 g/mol. The standard InChI is InChI=1S/C21H25N3O4/c1-21(2,3)28-18-8-6-7-17-20(18)24(13-22-17)12-19(25)23-14-9-15(26-4)11-16(10-14)27-5/h6-11,13H,12H2,1-5H3,(H,23,25). The number of anilines is 1. The van der Waals surface area contributed by atoms with Gasteiger partial charge in [-0.15, -0.1) is 0 Å². The van der Waals surface area contributed by atoms with Crippen LogP contribution >= 0.6 is 0 Å². The van der Waals surface area contributed by atoms with Crippen molar-refractivity contribution in [3.05, 3.63) is 42.7 Å². The molecule has 0 fully saturated rings. The van der Waals surface area contributed by atoms with Crippen molar-refractivity contribution in [3.8, 4) is 17.2 Å². The molecule has 28 heavy (non-hydrogen) atoms. The van der Waals surface area contributed by atoms with Gasteiger partial charge < -0.3 is 24.1 Å². The van der Waals surface area contributed by atoms with E-state index in [1.165, 1.54) is 0 Å². The van der Waals surface area contributed by atoms with Crippen molar-refractivity contribution >= 4 is 22.6 Å². The molecule has 0 radical (unpaired) electrons. The Hall–Kier alpha value is -3.22. The molecule has 3 rings (SSSR count). The van der Waals surface area contributed by atoms with Crippen LogP contribution in [0.3, 0.4) is 0 Å². The number of aromatic nitrogens is 2. The molecule has 0 bridgehead atoms. The van der Waals surface area contributed by atoms with E-state index in [1.807, 2.05) is 39.0 Å². The highest BCUT2D eigenvalue weighted by Gasteiger charge is 2.17. The van der Waals surface area contributed by atoms with E-state index in [2.05, 4.69) is 10.3 Å². The summed E-state index contributed by atoms with van der Waals surface area (Å²) in [6, 6.07) is 10.9. The molecule has 148 valence electrons. The van der Waals surface area contributed by atoms with E-state index in [0.29, 0.717) is 22.9 Å². The Kier molecular flexibility index (Phi) is 5.44. The lowest BCUT2D eigenvalue weighted by atomic mass is 10.2. The Balaban J connectivity index is 1.84. The first-order valence-corrected chi connectivity index (χ1v) is 8.95. The number of nitrogens with one attached hydrogen (secondary N) is 1. The van der Waals surface area contributed by atoms with Gasteiger partial charge in [-0.05, 0) is 32.9 Å². The number of carbonyl (C=O) groups is 1. The van der Waals surface area contributed by atoms with E-state index in [4.69, 9.17) is 14.2 Å². The highest BCUT2D eigenvalue weighted by molar-refractivity contribution is 5.92. The minimum Gasteiger partial charge on any atom is -0.497 e. The third kappa shape index (κ3) is 4.54. The van der Waals surface area contributed by atoms with Crippen LogP contribution in [0, 0.1) is 0 Å². The average molecular weight is 383 g/mol. The Labute approximate surface area is 164 Å². The van der Waals surface area contributed by atoms with Gasteiger partial charge >= 0.3 is 0 Å². The summed E-state index contributed by atoms with van der Waals surface area (Å²) in [4.78, 5) is 17.0. The molecule has 1 amide bonds. The number of rotatable bonds is 6. The zero-order valence-electron chi connectivity index (χ0n) is 16.8. The van der Waals surface area contributed by atoms with Gasteiger partial charge in [0.15, 0.2) is 0 Å². The minimum atomic E-state index is -0.358. The molecule has 0 unspecified atom stereocenters. The molecule has 7 nitrogen and oxygen atoms in total. The fraction of sp³-hybridized carbons (Fsp3) is 0.333. The Morgan fingerprint density at radius 1 is 1.11 bits per heavy atom. The lowest BCUT2D eigenvalue weighted by Gasteiger charge is -2.22. The smallest absolute Gasteiger partial charge is 0.244 e. The first-order valence-electron chi connectivity index (χ1n) is 8.95. The number of amides is 1. The summed E-state index contributed by atoms with van der Waals surface area (Å²) in [6.45, 7) is 6.04. The lowest BCUT2D eigenvalue weighted by molar-refractivity contribution is -0.116. The summed E-state index contributed by atoms with van der Waals surface area (Å²) in [5.41, 5.74) is 1.80. The van der Waals surface area contributed by atoms with E-state index >= 15 is 0 Å². The zero-order chi connectivity index (χ0) is 20.3. The monoisotopic (exact) mass is 383 g/mol. The molecule has 0 aliphatic carbocycles. The van der Waals surface area contributed by atoms with Crippen molar-refractivity contribution in [2.24, 2.45) is 0 Å². The number of methoxy groups -OCH3 is 2. The number of carbonyl (C=O) groups excluding carboxylic acids is 1. The summed E-state index contributed by atoms with van der Waals surface area (Å²) in [6.07, 6.45) is 1.64.